The van der Waals surface area contributed by atoms with E-state index in [2.05, 4.69) is 9.97 Å². The summed E-state index contributed by atoms with van der Waals surface area (Å²) in [6.07, 6.45) is 3.37. The smallest absolute Gasteiger partial charge is 0.260 e. The SMILES string of the molecule is Cc1cc(Cl)cc2sc(N(Cc3cccnc3)C(=O)c3cccc(F)c3)nc12. The Kier molecular flexibility index (Phi) is 5.07. The number of amides is 1. The molecule has 28 heavy (non-hydrogen) atoms. The van der Waals surface area contributed by atoms with E-state index >= 15 is 0 Å². The van der Waals surface area contributed by atoms with Crippen LogP contribution in [0.3, 0.4) is 0 Å². The van der Waals surface area contributed by atoms with Crippen molar-refractivity contribution in [3.63, 3.8) is 0 Å². The standard InChI is InChI=1S/C21H15ClFN3OS/c1-13-8-16(22)10-18-19(13)25-21(28-18)26(12-14-4-3-7-24-11-14)20(27)15-5-2-6-17(23)9-15/h2-11H,12H2,1H3. The van der Waals surface area contributed by atoms with E-state index in [4.69, 9.17) is 11.6 Å². The molecular formula is C21H15ClFN3OS. The van der Waals surface area contributed by atoms with Crippen molar-refractivity contribution in [2.24, 2.45) is 0 Å². The van der Waals surface area contributed by atoms with Crippen molar-refractivity contribution in [3.8, 4) is 0 Å². The monoisotopic (exact) mass is 411 g/mol. The first-order valence-electron chi connectivity index (χ1n) is 8.54. The molecule has 0 aliphatic carbocycles. The summed E-state index contributed by atoms with van der Waals surface area (Å²) in [5, 5.41) is 1.15. The van der Waals surface area contributed by atoms with E-state index in [1.807, 2.05) is 31.2 Å². The van der Waals surface area contributed by atoms with Gasteiger partial charge in [-0.2, -0.15) is 0 Å². The Morgan fingerprint density at radius 3 is 2.82 bits per heavy atom. The van der Waals surface area contributed by atoms with E-state index in [-0.39, 0.29) is 18.0 Å². The molecule has 0 aliphatic heterocycles. The molecule has 0 saturated heterocycles. The molecule has 0 aliphatic rings. The Hall–Kier alpha value is -2.83. The van der Waals surface area contributed by atoms with Gasteiger partial charge in [-0.05, 0) is 54.4 Å². The number of halogens is 2. The second kappa shape index (κ2) is 7.66. The van der Waals surface area contributed by atoms with Crippen molar-refractivity contribution >= 4 is 44.2 Å². The molecule has 0 atom stereocenters. The minimum Gasteiger partial charge on any atom is -0.279 e. The maximum absolute atomic E-state index is 13.7. The van der Waals surface area contributed by atoms with Crippen LogP contribution in [-0.4, -0.2) is 15.9 Å². The maximum atomic E-state index is 13.7. The number of carbonyl (C=O) groups excluding carboxylic acids is 1. The summed E-state index contributed by atoms with van der Waals surface area (Å²) < 4.78 is 14.6. The third kappa shape index (κ3) is 3.74. The first-order valence-corrected chi connectivity index (χ1v) is 9.74. The molecule has 0 bridgehead atoms. The number of hydrogen-bond acceptors (Lipinski definition) is 4. The lowest BCUT2D eigenvalue weighted by molar-refractivity contribution is 0.0984. The lowest BCUT2D eigenvalue weighted by Crippen LogP contribution is -2.30. The van der Waals surface area contributed by atoms with Gasteiger partial charge in [0, 0.05) is 23.0 Å². The summed E-state index contributed by atoms with van der Waals surface area (Å²) >= 11 is 7.54. The summed E-state index contributed by atoms with van der Waals surface area (Å²) in [5.41, 5.74) is 2.84. The number of carbonyl (C=O) groups is 1. The number of rotatable bonds is 4. The van der Waals surface area contributed by atoms with Crippen molar-refractivity contribution in [3.05, 3.63) is 88.5 Å². The summed E-state index contributed by atoms with van der Waals surface area (Å²) in [4.78, 5) is 23.5. The van der Waals surface area contributed by atoms with Crippen molar-refractivity contribution in [1.82, 2.24) is 9.97 Å². The van der Waals surface area contributed by atoms with Crippen molar-refractivity contribution < 1.29 is 9.18 Å². The topological polar surface area (TPSA) is 46.1 Å². The van der Waals surface area contributed by atoms with Gasteiger partial charge in [0.15, 0.2) is 5.13 Å². The third-order valence-electron chi connectivity index (χ3n) is 4.25. The van der Waals surface area contributed by atoms with E-state index < -0.39 is 5.82 Å². The number of thiazole rings is 1. The van der Waals surface area contributed by atoms with Gasteiger partial charge >= 0.3 is 0 Å². The number of fused-ring (bicyclic) bond motifs is 1. The Morgan fingerprint density at radius 1 is 1.21 bits per heavy atom. The largest absolute Gasteiger partial charge is 0.279 e. The molecule has 0 N–H and O–H groups in total. The molecule has 140 valence electrons. The van der Waals surface area contributed by atoms with E-state index in [0.29, 0.717) is 10.2 Å². The minimum atomic E-state index is -0.459. The maximum Gasteiger partial charge on any atom is 0.260 e. The molecule has 4 rings (SSSR count). The van der Waals surface area contributed by atoms with E-state index in [9.17, 15) is 9.18 Å². The second-order valence-corrected chi connectivity index (χ2v) is 7.77. The number of hydrogen-bond donors (Lipinski definition) is 0. The normalized spacial score (nSPS) is 11.0. The molecular weight excluding hydrogens is 397 g/mol. The van der Waals surface area contributed by atoms with Gasteiger partial charge in [-0.1, -0.05) is 35.1 Å². The molecule has 7 heteroatoms. The molecule has 0 spiro atoms. The highest BCUT2D eigenvalue weighted by molar-refractivity contribution is 7.22. The first kappa shape index (κ1) is 18.5. The molecule has 2 aromatic carbocycles. The van der Waals surface area contributed by atoms with Crippen LogP contribution in [0.4, 0.5) is 9.52 Å². The van der Waals surface area contributed by atoms with Gasteiger partial charge < -0.3 is 0 Å². The van der Waals surface area contributed by atoms with Gasteiger partial charge in [-0.3, -0.25) is 14.7 Å². The fourth-order valence-electron chi connectivity index (χ4n) is 2.94. The lowest BCUT2D eigenvalue weighted by atomic mass is 10.2. The zero-order valence-corrected chi connectivity index (χ0v) is 16.5. The van der Waals surface area contributed by atoms with Crippen LogP contribution in [0.1, 0.15) is 21.5 Å². The quantitative estimate of drug-likeness (QED) is 0.436. The van der Waals surface area contributed by atoms with Crippen LogP contribution in [0.25, 0.3) is 10.2 Å². The van der Waals surface area contributed by atoms with E-state index in [1.165, 1.54) is 29.5 Å². The fraction of sp³-hybridized carbons (Fsp3) is 0.0952. The fourth-order valence-corrected chi connectivity index (χ4v) is 4.35. The van der Waals surface area contributed by atoms with Gasteiger partial charge in [0.2, 0.25) is 0 Å². The highest BCUT2D eigenvalue weighted by Gasteiger charge is 2.23. The van der Waals surface area contributed by atoms with Gasteiger partial charge in [0.25, 0.3) is 5.91 Å². The Labute approximate surface area is 170 Å². The molecule has 2 heterocycles. The second-order valence-electron chi connectivity index (χ2n) is 6.33. The van der Waals surface area contributed by atoms with Crippen LogP contribution in [0.2, 0.25) is 5.02 Å². The average molecular weight is 412 g/mol. The summed E-state index contributed by atoms with van der Waals surface area (Å²) in [7, 11) is 0. The van der Waals surface area contributed by atoms with Crippen LogP contribution >= 0.6 is 22.9 Å². The molecule has 4 aromatic rings. The number of nitrogens with zero attached hydrogens (tertiary/aromatic N) is 3. The van der Waals surface area contributed by atoms with Gasteiger partial charge in [-0.25, -0.2) is 9.37 Å². The highest BCUT2D eigenvalue weighted by atomic mass is 35.5. The van der Waals surface area contributed by atoms with E-state index in [0.717, 1.165) is 21.3 Å². The van der Waals surface area contributed by atoms with Crippen molar-refractivity contribution in [1.29, 1.82) is 0 Å². The molecule has 1 amide bonds. The molecule has 0 saturated carbocycles. The van der Waals surface area contributed by atoms with Crippen LogP contribution in [0.15, 0.2) is 60.9 Å². The molecule has 0 unspecified atom stereocenters. The lowest BCUT2D eigenvalue weighted by Gasteiger charge is -2.20. The van der Waals surface area contributed by atoms with Crippen LogP contribution in [0.5, 0.6) is 0 Å². The molecule has 0 fully saturated rings. The Balaban J connectivity index is 1.80. The molecule has 4 nitrogen and oxygen atoms in total. The average Bonchev–Trinajstić information content (AvgIpc) is 3.10. The van der Waals surface area contributed by atoms with Gasteiger partial charge in [0.1, 0.15) is 5.82 Å². The number of aromatic nitrogens is 2. The first-order chi connectivity index (χ1) is 13.5. The predicted molar refractivity (Wildman–Crippen MR) is 111 cm³/mol. The summed E-state index contributed by atoms with van der Waals surface area (Å²) in [5.74, 6) is -0.787. The van der Waals surface area contributed by atoms with Crippen LogP contribution in [0, 0.1) is 12.7 Å². The highest BCUT2D eigenvalue weighted by Crippen LogP contribution is 2.34. The molecule has 2 aromatic heterocycles. The van der Waals surface area contributed by atoms with Crippen molar-refractivity contribution in [2.45, 2.75) is 13.5 Å². The van der Waals surface area contributed by atoms with Gasteiger partial charge in [-0.15, -0.1) is 0 Å². The van der Waals surface area contributed by atoms with Crippen LogP contribution < -0.4 is 4.90 Å². The third-order valence-corrected chi connectivity index (χ3v) is 5.49. The summed E-state index contributed by atoms with van der Waals surface area (Å²) in [6, 6.07) is 13.0. The van der Waals surface area contributed by atoms with Crippen LogP contribution in [-0.2, 0) is 6.54 Å². The van der Waals surface area contributed by atoms with Gasteiger partial charge in [0.05, 0.1) is 16.8 Å². The number of aryl methyl sites for hydroxylation is 1. The number of benzene rings is 2. The Bertz CT molecular complexity index is 1160. The Morgan fingerprint density at radius 2 is 2.07 bits per heavy atom. The van der Waals surface area contributed by atoms with E-state index in [1.54, 1.807) is 23.4 Å². The summed E-state index contributed by atoms with van der Waals surface area (Å²) in [6.45, 7) is 2.20. The minimum absolute atomic E-state index is 0.262. The zero-order valence-electron chi connectivity index (χ0n) is 14.9. The number of pyridine rings is 1. The zero-order chi connectivity index (χ0) is 19.7. The van der Waals surface area contributed by atoms with Crippen molar-refractivity contribution in [2.75, 3.05) is 4.90 Å². The number of anilines is 1. The predicted octanol–water partition coefficient (Wildman–Crippen LogP) is 5.64. The molecule has 0 radical (unpaired) electrons.